The second-order valence-corrected chi connectivity index (χ2v) is 9.72. The van der Waals surface area contributed by atoms with Crippen LogP contribution in [0.3, 0.4) is 0 Å². The Hall–Kier alpha value is -2.82. The second kappa shape index (κ2) is 11.7. The number of esters is 1. The number of carbonyl (C=O) groups is 1. The largest absolute Gasteiger partial charge is 0.468 e. The molecule has 4 rings (SSSR count). The van der Waals surface area contributed by atoms with Gasteiger partial charge in [0, 0.05) is 36.9 Å². The van der Waals surface area contributed by atoms with Crippen molar-refractivity contribution in [3.63, 3.8) is 0 Å². The highest BCUT2D eigenvalue weighted by molar-refractivity contribution is 6.30. The van der Waals surface area contributed by atoms with Gasteiger partial charge in [0.1, 0.15) is 0 Å². The second-order valence-electron chi connectivity index (χ2n) is 9.28. The topological polar surface area (TPSA) is 32.8 Å². The van der Waals surface area contributed by atoms with E-state index in [1.807, 2.05) is 30.3 Å². The molecule has 0 N–H and O–H groups in total. The van der Waals surface area contributed by atoms with Crippen molar-refractivity contribution < 1.29 is 9.53 Å². The standard InChI is InChI=1S/C30H35ClN2O2/c1-3-30(29(34)35-2,26-10-5-4-6-11-26)17-8-18-32-19-21-33(22-20-32)28-12-7-9-25(23-28)24-13-15-27(31)16-14-24/h4-7,9-16,23H,3,8,17-22H2,1-2H3. The number of piperazine rings is 1. The number of carbonyl (C=O) groups excluding carboxylic acids is 1. The number of anilines is 1. The van der Waals surface area contributed by atoms with Gasteiger partial charge in [-0.3, -0.25) is 9.69 Å². The first-order valence-corrected chi connectivity index (χ1v) is 12.9. The van der Waals surface area contributed by atoms with E-state index in [9.17, 15) is 4.79 Å². The number of ether oxygens (including phenoxy) is 1. The van der Waals surface area contributed by atoms with Crippen LogP contribution < -0.4 is 4.90 Å². The maximum absolute atomic E-state index is 12.8. The molecule has 0 bridgehead atoms. The molecule has 3 aromatic carbocycles. The van der Waals surface area contributed by atoms with Gasteiger partial charge in [-0.15, -0.1) is 0 Å². The van der Waals surface area contributed by atoms with Crippen LogP contribution in [0.1, 0.15) is 31.7 Å². The van der Waals surface area contributed by atoms with Gasteiger partial charge in [-0.1, -0.05) is 73.1 Å². The van der Waals surface area contributed by atoms with Crippen LogP contribution in [-0.4, -0.2) is 50.7 Å². The molecule has 1 heterocycles. The molecule has 1 aliphatic rings. The molecule has 0 radical (unpaired) electrons. The summed E-state index contributed by atoms with van der Waals surface area (Å²) in [5.41, 5.74) is 4.14. The van der Waals surface area contributed by atoms with Gasteiger partial charge < -0.3 is 9.64 Å². The fraction of sp³-hybridized carbons (Fsp3) is 0.367. The van der Waals surface area contributed by atoms with Gasteiger partial charge in [0.25, 0.3) is 0 Å². The first kappa shape index (κ1) is 25.3. The molecule has 1 saturated heterocycles. The maximum atomic E-state index is 12.8. The van der Waals surface area contributed by atoms with Crippen LogP contribution in [-0.2, 0) is 14.9 Å². The SMILES string of the molecule is CCC(CCCN1CCN(c2cccc(-c3ccc(Cl)cc3)c2)CC1)(C(=O)OC)c1ccccc1. The number of methoxy groups -OCH3 is 1. The van der Waals surface area contributed by atoms with Crippen molar-refractivity contribution >= 4 is 23.3 Å². The van der Waals surface area contributed by atoms with E-state index >= 15 is 0 Å². The highest BCUT2D eigenvalue weighted by Crippen LogP contribution is 2.35. The molecule has 0 aromatic heterocycles. The summed E-state index contributed by atoms with van der Waals surface area (Å²) in [5.74, 6) is -0.128. The minimum Gasteiger partial charge on any atom is -0.468 e. The van der Waals surface area contributed by atoms with Gasteiger partial charge >= 0.3 is 5.97 Å². The summed E-state index contributed by atoms with van der Waals surface area (Å²) in [6, 6.07) is 26.9. The molecule has 1 unspecified atom stereocenters. The van der Waals surface area contributed by atoms with Gasteiger partial charge in [-0.2, -0.15) is 0 Å². The van der Waals surface area contributed by atoms with Crippen LogP contribution >= 0.6 is 11.6 Å². The smallest absolute Gasteiger partial charge is 0.316 e. The van der Waals surface area contributed by atoms with Crippen LogP contribution in [0.25, 0.3) is 11.1 Å². The molecular weight excluding hydrogens is 456 g/mol. The van der Waals surface area contributed by atoms with E-state index in [0.29, 0.717) is 0 Å². The van der Waals surface area contributed by atoms with Crippen LogP contribution in [0.15, 0.2) is 78.9 Å². The van der Waals surface area contributed by atoms with Crippen molar-refractivity contribution in [2.75, 3.05) is 44.7 Å². The fourth-order valence-corrected chi connectivity index (χ4v) is 5.33. The summed E-state index contributed by atoms with van der Waals surface area (Å²) >= 11 is 6.05. The molecule has 4 nitrogen and oxygen atoms in total. The number of nitrogens with zero attached hydrogens (tertiary/aromatic N) is 2. The minimum atomic E-state index is -0.570. The molecule has 1 fully saturated rings. The summed E-state index contributed by atoms with van der Waals surface area (Å²) in [5, 5.41) is 0.757. The zero-order valence-electron chi connectivity index (χ0n) is 20.8. The number of hydrogen-bond acceptors (Lipinski definition) is 4. The van der Waals surface area contributed by atoms with Gasteiger partial charge in [0.2, 0.25) is 0 Å². The molecule has 35 heavy (non-hydrogen) atoms. The van der Waals surface area contributed by atoms with Gasteiger partial charge in [0.15, 0.2) is 0 Å². The van der Waals surface area contributed by atoms with Crippen LogP contribution in [0.5, 0.6) is 0 Å². The molecular formula is C30H35ClN2O2. The number of halogens is 1. The lowest BCUT2D eigenvalue weighted by Crippen LogP contribution is -2.47. The van der Waals surface area contributed by atoms with Crippen LogP contribution in [0, 0.1) is 0 Å². The Kier molecular flexibility index (Phi) is 8.48. The van der Waals surface area contributed by atoms with Gasteiger partial charge in [-0.05, 0) is 66.8 Å². The summed E-state index contributed by atoms with van der Waals surface area (Å²) < 4.78 is 5.25. The van der Waals surface area contributed by atoms with Crippen LogP contribution in [0.2, 0.25) is 5.02 Å². The predicted octanol–water partition coefficient (Wildman–Crippen LogP) is 6.43. The zero-order valence-corrected chi connectivity index (χ0v) is 21.5. The summed E-state index contributed by atoms with van der Waals surface area (Å²) in [4.78, 5) is 17.8. The Labute approximate surface area is 214 Å². The lowest BCUT2D eigenvalue weighted by atomic mass is 9.74. The molecule has 0 aliphatic carbocycles. The van der Waals surface area contributed by atoms with Crippen LogP contribution in [0.4, 0.5) is 5.69 Å². The monoisotopic (exact) mass is 490 g/mol. The Morgan fingerprint density at radius 3 is 2.29 bits per heavy atom. The van der Waals surface area contributed by atoms with E-state index in [4.69, 9.17) is 16.3 Å². The number of benzene rings is 3. The van der Waals surface area contributed by atoms with E-state index in [0.717, 1.165) is 62.6 Å². The molecule has 1 aliphatic heterocycles. The first-order chi connectivity index (χ1) is 17.1. The molecule has 0 spiro atoms. The van der Waals surface area contributed by atoms with Crippen molar-refractivity contribution in [3.05, 3.63) is 89.4 Å². The number of hydrogen-bond donors (Lipinski definition) is 0. The van der Waals surface area contributed by atoms with Crippen molar-refractivity contribution in [2.45, 2.75) is 31.6 Å². The predicted molar refractivity (Wildman–Crippen MR) is 145 cm³/mol. The molecule has 3 aromatic rings. The van der Waals surface area contributed by atoms with Crippen molar-refractivity contribution in [2.24, 2.45) is 0 Å². The van der Waals surface area contributed by atoms with Gasteiger partial charge in [-0.25, -0.2) is 0 Å². The zero-order chi connectivity index (χ0) is 24.7. The van der Waals surface area contributed by atoms with E-state index < -0.39 is 5.41 Å². The number of rotatable bonds is 9. The third kappa shape index (κ3) is 5.88. The summed E-state index contributed by atoms with van der Waals surface area (Å²) in [6.45, 7) is 7.12. The molecule has 1 atom stereocenters. The van der Waals surface area contributed by atoms with Crippen molar-refractivity contribution in [1.82, 2.24) is 4.90 Å². The highest BCUT2D eigenvalue weighted by atomic mass is 35.5. The molecule has 5 heteroatoms. The molecule has 184 valence electrons. The third-order valence-electron chi connectivity index (χ3n) is 7.35. The Bertz CT molecular complexity index is 1090. The quantitative estimate of drug-likeness (QED) is 0.323. The van der Waals surface area contributed by atoms with Gasteiger partial charge in [0.05, 0.1) is 12.5 Å². The Balaban J connectivity index is 1.34. The lowest BCUT2D eigenvalue weighted by Gasteiger charge is -2.37. The average molecular weight is 491 g/mol. The maximum Gasteiger partial charge on any atom is 0.316 e. The molecule has 0 saturated carbocycles. The van der Waals surface area contributed by atoms with Crippen molar-refractivity contribution in [1.29, 1.82) is 0 Å². The normalized spacial score (nSPS) is 16.0. The Morgan fingerprint density at radius 2 is 1.63 bits per heavy atom. The van der Waals surface area contributed by atoms with E-state index in [1.54, 1.807) is 0 Å². The lowest BCUT2D eigenvalue weighted by molar-refractivity contribution is -0.148. The van der Waals surface area contributed by atoms with E-state index in [-0.39, 0.29) is 5.97 Å². The third-order valence-corrected chi connectivity index (χ3v) is 7.60. The fourth-order valence-electron chi connectivity index (χ4n) is 5.20. The summed E-state index contributed by atoms with van der Waals surface area (Å²) in [7, 11) is 1.50. The van der Waals surface area contributed by atoms with E-state index in [1.165, 1.54) is 23.9 Å². The summed E-state index contributed by atoms with van der Waals surface area (Å²) in [6.07, 6.45) is 2.49. The van der Waals surface area contributed by atoms with E-state index in [2.05, 4.69) is 65.3 Å². The Morgan fingerprint density at radius 1 is 0.914 bits per heavy atom. The molecule has 0 amide bonds. The van der Waals surface area contributed by atoms with Crippen molar-refractivity contribution in [3.8, 4) is 11.1 Å². The average Bonchev–Trinajstić information content (AvgIpc) is 2.92. The first-order valence-electron chi connectivity index (χ1n) is 12.5. The minimum absolute atomic E-state index is 0.128. The highest BCUT2D eigenvalue weighted by Gasteiger charge is 2.39.